The molecule has 0 aliphatic rings. The fourth-order valence-corrected chi connectivity index (χ4v) is 3.45. The van der Waals surface area contributed by atoms with E-state index in [0.29, 0.717) is 24.0 Å². The highest BCUT2D eigenvalue weighted by Gasteiger charge is 2.10. The van der Waals surface area contributed by atoms with Gasteiger partial charge in [-0.1, -0.05) is 49.4 Å². The largest absolute Gasteiger partial charge is 0.358 e. The highest BCUT2D eigenvalue weighted by molar-refractivity contribution is 7.80. The minimum Gasteiger partial charge on any atom is -0.358 e. The molecule has 136 valence electrons. The number of rotatable bonds is 5. The molecule has 0 saturated heterocycles. The Balaban J connectivity index is 1.57. The van der Waals surface area contributed by atoms with Crippen molar-refractivity contribution >= 4 is 39.5 Å². The van der Waals surface area contributed by atoms with Crippen LogP contribution in [0.2, 0.25) is 0 Å². The van der Waals surface area contributed by atoms with Gasteiger partial charge in [-0.25, -0.2) is 0 Å². The summed E-state index contributed by atoms with van der Waals surface area (Å²) in [6.07, 6.45) is 0.461. The molecule has 9 heteroatoms. The molecule has 7 nitrogen and oxygen atoms in total. The van der Waals surface area contributed by atoms with Crippen LogP contribution in [0, 0.1) is 12.8 Å². The second-order valence-electron chi connectivity index (χ2n) is 6.37. The van der Waals surface area contributed by atoms with E-state index in [4.69, 9.17) is 12.2 Å². The number of nitrogens with one attached hydrogen (secondary N) is 2. The van der Waals surface area contributed by atoms with Gasteiger partial charge in [-0.15, -0.1) is 10.2 Å². The van der Waals surface area contributed by atoms with Crippen LogP contribution in [0.1, 0.15) is 31.7 Å². The molecule has 0 aliphatic heterocycles. The third-order valence-corrected chi connectivity index (χ3v) is 4.84. The number of amides is 1. The molecule has 2 N–H and O–H groups in total. The van der Waals surface area contributed by atoms with E-state index in [9.17, 15) is 4.79 Å². The number of benzene rings is 1. The number of aromatic nitrogens is 4. The molecule has 0 aliphatic carbocycles. The van der Waals surface area contributed by atoms with Crippen molar-refractivity contribution in [1.82, 2.24) is 30.4 Å². The maximum absolute atomic E-state index is 11.7. The molecule has 0 saturated carbocycles. The van der Waals surface area contributed by atoms with Crippen molar-refractivity contribution in [3.05, 3.63) is 35.7 Å². The van der Waals surface area contributed by atoms with Crippen molar-refractivity contribution in [2.45, 2.75) is 33.7 Å². The first-order valence-electron chi connectivity index (χ1n) is 8.28. The molecule has 1 aromatic carbocycles. The Labute approximate surface area is 160 Å². The van der Waals surface area contributed by atoms with Gasteiger partial charge in [0.1, 0.15) is 5.01 Å². The smallest absolute Gasteiger partial charge is 0.234 e. The number of hydrogen-bond acceptors (Lipinski definition) is 6. The van der Waals surface area contributed by atoms with Gasteiger partial charge in [-0.2, -0.15) is 9.61 Å². The maximum atomic E-state index is 11.7. The summed E-state index contributed by atoms with van der Waals surface area (Å²) in [6.45, 7) is 6.41. The molecule has 0 unspecified atom stereocenters. The molecule has 3 rings (SSSR count). The Morgan fingerprint density at radius 3 is 2.65 bits per heavy atom. The fourth-order valence-electron chi connectivity index (χ4n) is 2.37. The normalized spacial score (nSPS) is 11.1. The van der Waals surface area contributed by atoms with Crippen molar-refractivity contribution in [3.63, 3.8) is 0 Å². The lowest BCUT2D eigenvalue weighted by Gasteiger charge is -2.10. The van der Waals surface area contributed by atoms with E-state index in [-0.39, 0.29) is 5.91 Å². The van der Waals surface area contributed by atoms with Crippen LogP contribution in [0.4, 0.5) is 0 Å². The zero-order valence-corrected chi connectivity index (χ0v) is 16.4. The van der Waals surface area contributed by atoms with E-state index >= 15 is 0 Å². The van der Waals surface area contributed by atoms with E-state index < -0.39 is 0 Å². The summed E-state index contributed by atoms with van der Waals surface area (Å²) in [5, 5.41) is 19.6. The van der Waals surface area contributed by atoms with Crippen LogP contribution in [0.5, 0.6) is 0 Å². The predicted molar refractivity (Wildman–Crippen MR) is 106 cm³/mol. The van der Waals surface area contributed by atoms with E-state index in [1.165, 1.54) is 11.3 Å². The highest BCUT2D eigenvalue weighted by Crippen LogP contribution is 2.25. The van der Waals surface area contributed by atoms with Crippen LogP contribution < -0.4 is 10.6 Å². The standard InChI is InChI=1S/C17H20N6OS2/c1-10(2)8-14(24)19-16(25)18-9-12-4-6-13(7-5-12)15-22-23-11(3)20-21-17(23)26-15/h4-7,10H,8-9H2,1-3H3,(H2,18,19,24,25). The highest BCUT2D eigenvalue weighted by atomic mass is 32.1. The van der Waals surface area contributed by atoms with E-state index in [1.807, 2.05) is 45.0 Å². The van der Waals surface area contributed by atoms with Gasteiger partial charge >= 0.3 is 0 Å². The van der Waals surface area contributed by atoms with Gasteiger partial charge in [0.25, 0.3) is 0 Å². The molecular formula is C17H20N6OS2. The number of fused-ring (bicyclic) bond motifs is 1. The average molecular weight is 389 g/mol. The van der Waals surface area contributed by atoms with Gasteiger partial charge in [0, 0.05) is 18.5 Å². The Morgan fingerprint density at radius 2 is 2.00 bits per heavy atom. The molecule has 2 aromatic heterocycles. The topological polar surface area (TPSA) is 84.2 Å². The number of thiocarbonyl (C=S) groups is 1. The molecule has 3 aromatic rings. The van der Waals surface area contributed by atoms with Crippen molar-refractivity contribution in [1.29, 1.82) is 0 Å². The molecule has 26 heavy (non-hydrogen) atoms. The van der Waals surface area contributed by atoms with E-state index in [0.717, 1.165) is 26.9 Å². The summed E-state index contributed by atoms with van der Waals surface area (Å²) >= 11 is 6.66. The van der Waals surface area contributed by atoms with Gasteiger partial charge in [-0.05, 0) is 30.6 Å². The first-order chi connectivity index (χ1) is 12.4. The lowest BCUT2D eigenvalue weighted by molar-refractivity contribution is -0.120. The first-order valence-corrected chi connectivity index (χ1v) is 9.50. The number of carbonyl (C=O) groups excluding carboxylic acids is 1. The molecule has 2 heterocycles. The zero-order valence-electron chi connectivity index (χ0n) is 14.8. The third-order valence-electron chi connectivity index (χ3n) is 3.65. The van der Waals surface area contributed by atoms with Crippen molar-refractivity contribution in [3.8, 4) is 10.6 Å². The molecular weight excluding hydrogens is 368 g/mol. The zero-order chi connectivity index (χ0) is 18.7. The van der Waals surface area contributed by atoms with Crippen molar-refractivity contribution in [2.75, 3.05) is 0 Å². The van der Waals surface area contributed by atoms with Crippen molar-refractivity contribution in [2.24, 2.45) is 5.92 Å². The van der Waals surface area contributed by atoms with Gasteiger partial charge in [-0.3, -0.25) is 4.79 Å². The number of carbonyl (C=O) groups is 1. The van der Waals surface area contributed by atoms with Crippen molar-refractivity contribution < 1.29 is 4.79 Å². The van der Waals surface area contributed by atoms with Gasteiger partial charge in [0.05, 0.1) is 0 Å². The Bertz CT molecular complexity index is 929. The van der Waals surface area contributed by atoms with E-state index in [2.05, 4.69) is 25.9 Å². The Hall–Kier alpha value is -2.39. The lowest BCUT2D eigenvalue weighted by atomic mass is 10.1. The predicted octanol–water partition coefficient (Wildman–Crippen LogP) is 2.70. The Kier molecular flexibility index (Phi) is 5.58. The summed E-state index contributed by atoms with van der Waals surface area (Å²) in [5.74, 6) is 1.02. The molecule has 0 spiro atoms. The van der Waals surface area contributed by atoms with Crippen LogP contribution in [-0.4, -0.2) is 30.8 Å². The van der Waals surface area contributed by atoms with Gasteiger partial charge < -0.3 is 10.6 Å². The minimum atomic E-state index is -0.0635. The van der Waals surface area contributed by atoms with E-state index in [1.54, 1.807) is 4.52 Å². The lowest BCUT2D eigenvalue weighted by Crippen LogP contribution is -2.39. The Morgan fingerprint density at radius 1 is 1.27 bits per heavy atom. The SMILES string of the molecule is Cc1nnc2sc(-c3ccc(CNC(=S)NC(=O)CC(C)C)cc3)nn12. The quantitative estimate of drug-likeness (QED) is 0.654. The van der Waals surface area contributed by atoms with Crippen LogP contribution in [-0.2, 0) is 11.3 Å². The second kappa shape index (κ2) is 7.88. The molecule has 0 bridgehead atoms. The van der Waals surface area contributed by atoms with Gasteiger partial charge in [0.15, 0.2) is 10.9 Å². The first kappa shape index (κ1) is 18.4. The summed E-state index contributed by atoms with van der Waals surface area (Å²) < 4.78 is 1.74. The molecule has 0 atom stereocenters. The summed E-state index contributed by atoms with van der Waals surface area (Å²) in [7, 11) is 0. The average Bonchev–Trinajstić information content (AvgIpc) is 3.15. The van der Waals surface area contributed by atoms with Crippen LogP contribution >= 0.6 is 23.6 Å². The number of hydrogen-bond donors (Lipinski definition) is 2. The summed E-state index contributed by atoms with van der Waals surface area (Å²) in [4.78, 5) is 12.5. The summed E-state index contributed by atoms with van der Waals surface area (Å²) in [5.41, 5.74) is 2.09. The van der Waals surface area contributed by atoms with Crippen LogP contribution in [0.15, 0.2) is 24.3 Å². The monoisotopic (exact) mass is 388 g/mol. The van der Waals surface area contributed by atoms with Crippen LogP contribution in [0.25, 0.3) is 15.5 Å². The molecule has 0 radical (unpaired) electrons. The number of aryl methyl sites for hydroxylation is 1. The number of nitrogens with zero attached hydrogens (tertiary/aromatic N) is 4. The fraction of sp³-hybridized carbons (Fsp3) is 0.353. The third kappa shape index (κ3) is 4.41. The van der Waals surface area contributed by atoms with Gasteiger partial charge in [0.2, 0.25) is 10.9 Å². The maximum Gasteiger partial charge on any atom is 0.234 e. The summed E-state index contributed by atoms with van der Waals surface area (Å²) in [6, 6.07) is 8.04. The molecule has 0 fully saturated rings. The van der Waals surface area contributed by atoms with Crippen LogP contribution in [0.3, 0.4) is 0 Å². The second-order valence-corrected chi connectivity index (χ2v) is 7.74. The molecule has 1 amide bonds. The minimum absolute atomic E-state index is 0.0635.